The van der Waals surface area contributed by atoms with Crippen molar-refractivity contribution in [2.75, 3.05) is 6.54 Å². The van der Waals surface area contributed by atoms with Gasteiger partial charge in [0.2, 0.25) is 5.91 Å². The number of rotatable bonds is 6. The molecule has 1 atom stereocenters. The monoisotopic (exact) mass is 220 g/mol. The van der Waals surface area contributed by atoms with Crippen molar-refractivity contribution in [3.8, 4) is 0 Å². The molecule has 3 heteroatoms. The molecule has 1 amide bonds. The zero-order valence-corrected chi connectivity index (χ0v) is 9.78. The fourth-order valence-corrected chi connectivity index (χ4v) is 1.58. The molecule has 1 aromatic carbocycles. The van der Waals surface area contributed by atoms with E-state index < -0.39 is 0 Å². The zero-order valence-electron chi connectivity index (χ0n) is 9.78. The summed E-state index contributed by atoms with van der Waals surface area (Å²) in [6.45, 7) is 2.44. The predicted octanol–water partition coefficient (Wildman–Crippen LogP) is 1.47. The lowest BCUT2D eigenvalue weighted by molar-refractivity contribution is -0.121. The molecular formula is C13H20N2O. The van der Waals surface area contributed by atoms with Crippen molar-refractivity contribution < 1.29 is 4.79 Å². The number of hydrogen-bond acceptors (Lipinski definition) is 2. The molecule has 0 saturated heterocycles. The fraction of sp³-hybridized carbons (Fsp3) is 0.462. The Morgan fingerprint density at radius 3 is 2.69 bits per heavy atom. The molecule has 0 spiro atoms. The first-order valence-corrected chi connectivity index (χ1v) is 5.75. The third-order valence-electron chi connectivity index (χ3n) is 2.49. The molecule has 3 N–H and O–H groups in total. The first kappa shape index (κ1) is 12.7. The first-order valence-electron chi connectivity index (χ1n) is 5.75. The standard InChI is InChI=1S/C13H20N2O/c1-11(15-13(16)9-10-14)7-8-12-5-3-2-4-6-12/h2-6,11H,7-10,14H2,1H3,(H,15,16). The molecule has 0 aromatic heterocycles. The lowest BCUT2D eigenvalue weighted by Gasteiger charge is -2.13. The van der Waals surface area contributed by atoms with Gasteiger partial charge in [0, 0.05) is 19.0 Å². The molecule has 0 aliphatic carbocycles. The van der Waals surface area contributed by atoms with Crippen molar-refractivity contribution in [3.63, 3.8) is 0 Å². The highest BCUT2D eigenvalue weighted by Gasteiger charge is 2.06. The minimum absolute atomic E-state index is 0.0445. The Hall–Kier alpha value is -1.35. The SMILES string of the molecule is CC(CCc1ccccc1)NC(=O)CCN. The Kier molecular flexibility index (Phi) is 5.57. The second kappa shape index (κ2) is 7.01. The number of amides is 1. The lowest BCUT2D eigenvalue weighted by atomic mass is 10.1. The van der Waals surface area contributed by atoms with E-state index in [0.29, 0.717) is 13.0 Å². The Morgan fingerprint density at radius 2 is 2.06 bits per heavy atom. The van der Waals surface area contributed by atoms with E-state index in [1.807, 2.05) is 25.1 Å². The summed E-state index contributed by atoms with van der Waals surface area (Å²) in [4.78, 5) is 11.3. The molecule has 3 nitrogen and oxygen atoms in total. The number of benzene rings is 1. The summed E-state index contributed by atoms with van der Waals surface area (Å²) in [5.41, 5.74) is 6.62. The summed E-state index contributed by atoms with van der Waals surface area (Å²) in [6.07, 6.45) is 2.36. The molecule has 0 fully saturated rings. The molecule has 0 saturated carbocycles. The molecular weight excluding hydrogens is 200 g/mol. The summed E-state index contributed by atoms with van der Waals surface area (Å²) < 4.78 is 0. The van der Waals surface area contributed by atoms with E-state index in [2.05, 4.69) is 17.4 Å². The molecule has 0 radical (unpaired) electrons. The van der Waals surface area contributed by atoms with Crippen molar-refractivity contribution in [1.82, 2.24) is 5.32 Å². The highest BCUT2D eigenvalue weighted by molar-refractivity contribution is 5.76. The van der Waals surface area contributed by atoms with Gasteiger partial charge in [-0.3, -0.25) is 4.79 Å². The number of carbonyl (C=O) groups excluding carboxylic acids is 1. The Balaban J connectivity index is 2.25. The molecule has 0 heterocycles. The smallest absolute Gasteiger partial charge is 0.221 e. The van der Waals surface area contributed by atoms with Crippen LogP contribution in [0.25, 0.3) is 0 Å². The van der Waals surface area contributed by atoms with E-state index >= 15 is 0 Å². The number of aryl methyl sites for hydroxylation is 1. The maximum Gasteiger partial charge on any atom is 0.221 e. The molecule has 88 valence electrons. The van der Waals surface area contributed by atoms with Crippen LogP contribution in [0.2, 0.25) is 0 Å². The van der Waals surface area contributed by atoms with Gasteiger partial charge in [-0.25, -0.2) is 0 Å². The van der Waals surface area contributed by atoms with Crippen LogP contribution in [0.3, 0.4) is 0 Å². The van der Waals surface area contributed by atoms with Gasteiger partial charge < -0.3 is 11.1 Å². The van der Waals surface area contributed by atoms with Gasteiger partial charge >= 0.3 is 0 Å². The molecule has 16 heavy (non-hydrogen) atoms. The highest BCUT2D eigenvalue weighted by Crippen LogP contribution is 2.04. The van der Waals surface area contributed by atoms with Crippen molar-refractivity contribution in [2.24, 2.45) is 5.73 Å². The maximum atomic E-state index is 11.3. The molecule has 0 bridgehead atoms. The van der Waals surface area contributed by atoms with Crippen molar-refractivity contribution >= 4 is 5.91 Å². The molecule has 0 aliphatic heterocycles. The van der Waals surface area contributed by atoms with Crippen LogP contribution in [0.5, 0.6) is 0 Å². The van der Waals surface area contributed by atoms with E-state index in [9.17, 15) is 4.79 Å². The van der Waals surface area contributed by atoms with Gasteiger partial charge in [0.25, 0.3) is 0 Å². The quantitative estimate of drug-likeness (QED) is 0.763. The zero-order chi connectivity index (χ0) is 11.8. The molecule has 0 aliphatic rings. The van der Waals surface area contributed by atoms with Crippen LogP contribution in [-0.4, -0.2) is 18.5 Å². The Bertz CT molecular complexity index is 311. The third kappa shape index (κ3) is 4.94. The number of nitrogens with two attached hydrogens (primary N) is 1. The van der Waals surface area contributed by atoms with Gasteiger partial charge in [-0.15, -0.1) is 0 Å². The molecule has 1 aromatic rings. The number of hydrogen-bond donors (Lipinski definition) is 2. The van der Waals surface area contributed by atoms with Gasteiger partial charge in [0.05, 0.1) is 0 Å². The largest absolute Gasteiger partial charge is 0.354 e. The van der Waals surface area contributed by atoms with Crippen molar-refractivity contribution in [3.05, 3.63) is 35.9 Å². The minimum Gasteiger partial charge on any atom is -0.354 e. The third-order valence-corrected chi connectivity index (χ3v) is 2.49. The maximum absolute atomic E-state index is 11.3. The number of carbonyl (C=O) groups is 1. The van der Waals surface area contributed by atoms with Crippen molar-refractivity contribution in [1.29, 1.82) is 0 Å². The van der Waals surface area contributed by atoms with Gasteiger partial charge in [-0.1, -0.05) is 30.3 Å². The fourth-order valence-electron chi connectivity index (χ4n) is 1.58. The Morgan fingerprint density at radius 1 is 1.38 bits per heavy atom. The molecule has 1 rings (SSSR count). The van der Waals surface area contributed by atoms with Crippen LogP contribution in [0, 0.1) is 0 Å². The van der Waals surface area contributed by atoms with Crippen LogP contribution in [0.4, 0.5) is 0 Å². The summed E-state index contributed by atoms with van der Waals surface area (Å²) in [6, 6.07) is 10.5. The number of nitrogens with one attached hydrogen (secondary N) is 1. The van der Waals surface area contributed by atoms with Gasteiger partial charge in [-0.2, -0.15) is 0 Å². The van der Waals surface area contributed by atoms with E-state index in [-0.39, 0.29) is 11.9 Å². The van der Waals surface area contributed by atoms with Crippen LogP contribution in [0.15, 0.2) is 30.3 Å². The Labute approximate surface area is 97.0 Å². The van der Waals surface area contributed by atoms with Gasteiger partial charge in [-0.05, 0) is 25.3 Å². The second-order valence-electron chi connectivity index (χ2n) is 4.03. The van der Waals surface area contributed by atoms with Crippen LogP contribution >= 0.6 is 0 Å². The summed E-state index contributed by atoms with van der Waals surface area (Å²) >= 11 is 0. The first-order chi connectivity index (χ1) is 7.72. The van der Waals surface area contributed by atoms with Gasteiger partial charge in [0.1, 0.15) is 0 Å². The highest BCUT2D eigenvalue weighted by atomic mass is 16.1. The summed E-state index contributed by atoms with van der Waals surface area (Å²) in [5.74, 6) is 0.0445. The summed E-state index contributed by atoms with van der Waals surface area (Å²) in [5, 5.41) is 2.93. The van der Waals surface area contributed by atoms with E-state index in [0.717, 1.165) is 12.8 Å². The minimum atomic E-state index is 0.0445. The summed E-state index contributed by atoms with van der Waals surface area (Å²) in [7, 11) is 0. The average molecular weight is 220 g/mol. The normalized spacial score (nSPS) is 12.1. The van der Waals surface area contributed by atoms with Gasteiger partial charge in [0.15, 0.2) is 0 Å². The predicted molar refractivity (Wildman–Crippen MR) is 66.0 cm³/mol. The van der Waals surface area contributed by atoms with E-state index in [4.69, 9.17) is 5.73 Å². The van der Waals surface area contributed by atoms with Crippen molar-refractivity contribution in [2.45, 2.75) is 32.2 Å². The van der Waals surface area contributed by atoms with E-state index in [1.165, 1.54) is 5.56 Å². The molecule has 1 unspecified atom stereocenters. The second-order valence-corrected chi connectivity index (χ2v) is 4.03. The topological polar surface area (TPSA) is 55.1 Å². The average Bonchev–Trinajstić information content (AvgIpc) is 2.28. The van der Waals surface area contributed by atoms with Crippen LogP contribution in [0.1, 0.15) is 25.3 Å². The van der Waals surface area contributed by atoms with Crippen LogP contribution in [-0.2, 0) is 11.2 Å². The van der Waals surface area contributed by atoms with E-state index in [1.54, 1.807) is 0 Å². The lowest BCUT2D eigenvalue weighted by Crippen LogP contribution is -2.33. The van der Waals surface area contributed by atoms with Crippen LogP contribution < -0.4 is 11.1 Å².